The number of rotatable bonds is 2. The van der Waals surface area contributed by atoms with Gasteiger partial charge in [0.2, 0.25) is 0 Å². The molecule has 0 radical (unpaired) electrons. The molecule has 1 heterocycles. The quantitative estimate of drug-likeness (QED) is 0.771. The highest BCUT2D eigenvalue weighted by Crippen LogP contribution is 2.46. The van der Waals surface area contributed by atoms with Crippen LogP contribution in [0.1, 0.15) is 49.5 Å². The van der Waals surface area contributed by atoms with Crippen LogP contribution in [0, 0.1) is 11.3 Å². The summed E-state index contributed by atoms with van der Waals surface area (Å²) in [4.78, 5) is 7.68. The van der Waals surface area contributed by atoms with Gasteiger partial charge in [-0.15, -0.1) is 0 Å². The maximum absolute atomic E-state index is 9.02. The van der Waals surface area contributed by atoms with Crippen LogP contribution in [-0.4, -0.2) is 9.97 Å². The molecule has 0 aliphatic heterocycles. The van der Waals surface area contributed by atoms with Gasteiger partial charge in [0.1, 0.15) is 11.2 Å². The number of nitriles is 1. The Kier molecular flexibility index (Phi) is 1.49. The number of nitrogens with one attached hydrogen (secondary N) is 1. The van der Waals surface area contributed by atoms with Gasteiger partial charge in [0.25, 0.3) is 0 Å². The lowest BCUT2D eigenvalue weighted by molar-refractivity contribution is 0.411. The van der Waals surface area contributed by atoms with Crippen molar-refractivity contribution in [2.24, 2.45) is 0 Å². The molecule has 3 heteroatoms. The van der Waals surface area contributed by atoms with Gasteiger partial charge in [0, 0.05) is 17.8 Å². The Labute approximate surface area is 83.2 Å². The van der Waals surface area contributed by atoms with Gasteiger partial charge in [-0.2, -0.15) is 5.26 Å². The zero-order valence-electron chi connectivity index (χ0n) is 8.08. The van der Waals surface area contributed by atoms with Crippen LogP contribution in [-0.2, 0) is 5.41 Å². The minimum absolute atomic E-state index is 0.248. The van der Waals surface area contributed by atoms with E-state index in [4.69, 9.17) is 5.26 Å². The lowest BCUT2D eigenvalue weighted by Gasteiger charge is -2.23. The first-order valence-corrected chi connectivity index (χ1v) is 5.31. The Bertz CT molecular complexity index is 391. The summed E-state index contributed by atoms with van der Waals surface area (Å²) in [6.07, 6.45) is 7.77. The third-order valence-electron chi connectivity index (χ3n) is 3.56. The highest BCUT2D eigenvalue weighted by atomic mass is 15.0. The second-order valence-corrected chi connectivity index (χ2v) is 4.51. The van der Waals surface area contributed by atoms with Crippen molar-refractivity contribution in [3.63, 3.8) is 0 Å². The van der Waals surface area contributed by atoms with Crippen LogP contribution in [0.25, 0.3) is 0 Å². The van der Waals surface area contributed by atoms with Gasteiger partial charge < -0.3 is 4.98 Å². The van der Waals surface area contributed by atoms with Crippen molar-refractivity contribution in [2.75, 3.05) is 0 Å². The standard InChI is InChI=1S/C11H13N3/c12-7-11(4-5-11)10-13-6-9(14-10)8-2-1-3-8/h6,8H,1-5H2,(H,13,14). The highest BCUT2D eigenvalue weighted by Gasteiger charge is 2.47. The zero-order chi connectivity index (χ0) is 9.60. The van der Waals surface area contributed by atoms with Crippen LogP contribution in [0.3, 0.4) is 0 Å². The fourth-order valence-corrected chi connectivity index (χ4v) is 2.03. The van der Waals surface area contributed by atoms with E-state index in [-0.39, 0.29) is 5.41 Å². The molecule has 3 nitrogen and oxygen atoms in total. The Morgan fingerprint density at radius 2 is 2.29 bits per heavy atom. The molecule has 0 saturated heterocycles. The molecule has 0 unspecified atom stereocenters. The van der Waals surface area contributed by atoms with Crippen molar-refractivity contribution in [1.82, 2.24) is 9.97 Å². The first-order valence-electron chi connectivity index (χ1n) is 5.31. The smallest absolute Gasteiger partial charge is 0.126 e. The summed E-state index contributed by atoms with van der Waals surface area (Å²) in [6.45, 7) is 0. The number of hydrogen-bond acceptors (Lipinski definition) is 2. The van der Waals surface area contributed by atoms with Crippen LogP contribution in [0.15, 0.2) is 6.20 Å². The van der Waals surface area contributed by atoms with E-state index in [9.17, 15) is 0 Å². The van der Waals surface area contributed by atoms with E-state index < -0.39 is 0 Å². The number of aromatic amines is 1. The molecule has 0 spiro atoms. The largest absolute Gasteiger partial charge is 0.344 e. The molecule has 2 aliphatic rings. The molecule has 3 rings (SSSR count). The molecule has 1 aromatic heterocycles. The molecule has 2 saturated carbocycles. The maximum Gasteiger partial charge on any atom is 0.126 e. The van der Waals surface area contributed by atoms with E-state index in [1.165, 1.54) is 25.0 Å². The van der Waals surface area contributed by atoms with Gasteiger partial charge in [0.15, 0.2) is 0 Å². The molecular formula is C11H13N3. The van der Waals surface area contributed by atoms with Gasteiger partial charge in [0.05, 0.1) is 6.07 Å². The topological polar surface area (TPSA) is 52.5 Å². The minimum Gasteiger partial charge on any atom is -0.344 e. The number of imidazole rings is 1. The fraction of sp³-hybridized carbons (Fsp3) is 0.636. The summed E-state index contributed by atoms with van der Waals surface area (Å²) in [5.41, 5.74) is 0.995. The number of aromatic nitrogens is 2. The summed E-state index contributed by atoms with van der Waals surface area (Å²) in [6, 6.07) is 2.36. The van der Waals surface area contributed by atoms with Crippen LogP contribution in [0.4, 0.5) is 0 Å². The lowest BCUT2D eigenvalue weighted by Crippen LogP contribution is -2.10. The van der Waals surface area contributed by atoms with Crippen molar-refractivity contribution >= 4 is 0 Å². The minimum atomic E-state index is -0.248. The predicted octanol–water partition coefficient (Wildman–Crippen LogP) is 2.23. The van der Waals surface area contributed by atoms with Gasteiger partial charge in [-0.05, 0) is 25.7 Å². The van der Waals surface area contributed by atoms with Crippen molar-refractivity contribution in [1.29, 1.82) is 5.26 Å². The van der Waals surface area contributed by atoms with Gasteiger partial charge in [-0.3, -0.25) is 0 Å². The molecule has 0 amide bonds. The predicted molar refractivity (Wildman–Crippen MR) is 51.7 cm³/mol. The van der Waals surface area contributed by atoms with Gasteiger partial charge >= 0.3 is 0 Å². The van der Waals surface area contributed by atoms with E-state index in [1.807, 2.05) is 6.20 Å². The summed E-state index contributed by atoms with van der Waals surface area (Å²) in [7, 11) is 0. The molecule has 1 N–H and O–H groups in total. The molecule has 0 aromatic carbocycles. The highest BCUT2D eigenvalue weighted by molar-refractivity contribution is 5.31. The Morgan fingerprint density at radius 3 is 2.79 bits per heavy atom. The number of nitrogens with zero attached hydrogens (tertiary/aromatic N) is 2. The molecular weight excluding hydrogens is 174 g/mol. The lowest BCUT2D eigenvalue weighted by atomic mass is 9.83. The molecule has 1 aromatic rings. The van der Waals surface area contributed by atoms with E-state index in [0.29, 0.717) is 5.92 Å². The monoisotopic (exact) mass is 187 g/mol. The van der Waals surface area contributed by atoms with Gasteiger partial charge in [-0.25, -0.2) is 4.98 Å². The summed E-state index contributed by atoms with van der Waals surface area (Å²) >= 11 is 0. The fourth-order valence-electron chi connectivity index (χ4n) is 2.03. The SMILES string of the molecule is N#CC1(c2ncc(C3CCC3)[nH]2)CC1. The maximum atomic E-state index is 9.02. The van der Waals surface area contributed by atoms with Crippen molar-refractivity contribution in [2.45, 2.75) is 43.4 Å². The summed E-state index contributed by atoms with van der Waals surface area (Å²) in [5.74, 6) is 1.59. The van der Waals surface area contributed by atoms with E-state index in [1.54, 1.807) is 0 Å². The second kappa shape index (κ2) is 2.60. The second-order valence-electron chi connectivity index (χ2n) is 4.51. The molecule has 0 bridgehead atoms. The van der Waals surface area contributed by atoms with E-state index >= 15 is 0 Å². The summed E-state index contributed by atoms with van der Waals surface area (Å²) in [5, 5.41) is 9.02. The normalized spacial score (nSPS) is 23.9. The zero-order valence-corrected chi connectivity index (χ0v) is 8.08. The van der Waals surface area contributed by atoms with Crippen LogP contribution in [0.2, 0.25) is 0 Å². The Morgan fingerprint density at radius 1 is 1.50 bits per heavy atom. The van der Waals surface area contributed by atoms with Crippen molar-refractivity contribution < 1.29 is 0 Å². The molecule has 0 atom stereocenters. The first-order chi connectivity index (χ1) is 6.84. The van der Waals surface area contributed by atoms with Crippen molar-refractivity contribution in [3.05, 3.63) is 17.7 Å². The first kappa shape index (κ1) is 8.05. The van der Waals surface area contributed by atoms with Crippen molar-refractivity contribution in [3.8, 4) is 6.07 Å². The number of hydrogen-bond donors (Lipinski definition) is 1. The molecule has 2 fully saturated rings. The van der Waals surface area contributed by atoms with Gasteiger partial charge in [-0.1, -0.05) is 6.42 Å². The molecule has 2 aliphatic carbocycles. The molecule has 72 valence electrons. The van der Waals surface area contributed by atoms with Crippen LogP contribution < -0.4 is 0 Å². The van der Waals surface area contributed by atoms with E-state index in [2.05, 4.69) is 16.0 Å². The third-order valence-corrected chi connectivity index (χ3v) is 3.56. The summed E-state index contributed by atoms with van der Waals surface area (Å²) < 4.78 is 0. The number of H-pyrrole nitrogens is 1. The average molecular weight is 187 g/mol. The van der Waals surface area contributed by atoms with Crippen LogP contribution in [0.5, 0.6) is 0 Å². The molecule has 14 heavy (non-hydrogen) atoms. The van der Waals surface area contributed by atoms with Crippen LogP contribution >= 0.6 is 0 Å². The van der Waals surface area contributed by atoms with E-state index in [0.717, 1.165) is 18.7 Å². The Hall–Kier alpha value is -1.30. The Balaban J connectivity index is 1.87. The third kappa shape index (κ3) is 1.00. The average Bonchev–Trinajstić information content (AvgIpc) is 2.78.